The molecule has 1 aliphatic carbocycles. The number of nitrogens with zero attached hydrogens (tertiary/aromatic N) is 2. The highest BCUT2D eigenvalue weighted by Crippen LogP contribution is 2.27. The summed E-state index contributed by atoms with van der Waals surface area (Å²) in [4.78, 5) is 34.1. The average molecular weight is 478 g/mol. The normalized spacial score (nSPS) is 15.7. The maximum absolute atomic E-state index is 12.9. The fourth-order valence-corrected chi connectivity index (χ4v) is 4.87. The summed E-state index contributed by atoms with van der Waals surface area (Å²) in [7, 11) is 0. The van der Waals surface area contributed by atoms with Crippen LogP contribution < -0.4 is 5.32 Å². The summed E-state index contributed by atoms with van der Waals surface area (Å²) in [6.45, 7) is 1.89. The van der Waals surface area contributed by atoms with Crippen molar-refractivity contribution in [1.29, 1.82) is 0 Å². The van der Waals surface area contributed by atoms with Gasteiger partial charge in [0.1, 0.15) is 17.7 Å². The van der Waals surface area contributed by atoms with Gasteiger partial charge in [0.25, 0.3) is 0 Å². The zero-order valence-electron chi connectivity index (χ0n) is 20.5. The number of ketones is 2. The average Bonchev–Trinajstić information content (AvgIpc) is 2.95. The molecule has 1 aliphatic heterocycles. The van der Waals surface area contributed by atoms with Gasteiger partial charge in [0.2, 0.25) is 0 Å². The van der Waals surface area contributed by atoms with Crippen molar-refractivity contribution in [3.63, 3.8) is 0 Å². The van der Waals surface area contributed by atoms with Gasteiger partial charge >= 0.3 is 0 Å². The van der Waals surface area contributed by atoms with Crippen molar-refractivity contribution in [3.8, 4) is 0 Å². The first kappa shape index (κ1) is 24.0. The summed E-state index contributed by atoms with van der Waals surface area (Å²) in [6.07, 6.45) is 12.1. The standard InChI is InChI=1S/C31H31N3O2/c35-30(18-22-6-10-25(11-7-22)24-4-2-1-3-5-24)28-20-29(34-21-33-28)31(36)19-23-8-12-26(13-9-23)27-14-16-32-17-15-27/h4,6-14,20-21,32H,1-3,5,15-19H2. The first-order chi connectivity index (χ1) is 17.7. The second-order valence-electron chi connectivity index (χ2n) is 9.54. The fraction of sp³-hybridized carbons (Fsp3) is 0.290. The van der Waals surface area contributed by atoms with Crippen molar-refractivity contribution in [2.45, 2.75) is 44.9 Å². The van der Waals surface area contributed by atoms with Crippen LogP contribution in [0.5, 0.6) is 0 Å². The maximum Gasteiger partial charge on any atom is 0.185 e. The molecule has 0 bridgehead atoms. The van der Waals surface area contributed by atoms with Crippen LogP contribution in [0.15, 0.2) is 73.1 Å². The van der Waals surface area contributed by atoms with Crippen LogP contribution in [0.3, 0.4) is 0 Å². The summed E-state index contributed by atoms with van der Waals surface area (Å²) in [5.41, 5.74) is 7.60. The Kier molecular flexibility index (Phi) is 7.58. The van der Waals surface area contributed by atoms with Gasteiger partial charge in [-0.25, -0.2) is 9.97 Å². The summed E-state index contributed by atoms with van der Waals surface area (Å²) in [5.74, 6) is -0.235. The number of aromatic nitrogens is 2. The lowest BCUT2D eigenvalue weighted by Gasteiger charge is -2.14. The molecule has 2 aromatic carbocycles. The Balaban J connectivity index is 1.21. The molecule has 0 spiro atoms. The fourth-order valence-electron chi connectivity index (χ4n) is 4.87. The Morgan fingerprint density at radius 2 is 1.31 bits per heavy atom. The number of benzene rings is 2. The number of allylic oxidation sites excluding steroid dienone is 2. The van der Waals surface area contributed by atoms with Gasteiger partial charge in [0.15, 0.2) is 11.6 Å². The Morgan fingerprint density at radius 3 is 1.81 bits per heavy atom. The molecule has 36 heavy (non-hydrogen) atoms. The van der Waals surface area contributed by atoms with E-state index in [0.717, 1.165) is 43.5 Å². The van der Waals surface area contributed by atoms with Crippen molar-refractivity contribution in [2.24, 2.45) is 0 Å². The Hall–Kier alpha value is -3.70. The van der Waals surface area contributed by atoms with Crippen LogP contribution in [0.4, 0.5) is 0 Å². The largest absolute Gasteiger partial charge is 0.313 e. The van der Waals surface area contributed by atoms with E-state index in [0.29, 0.717) is 0 Å². The second kappa shape index (κ2) is 11.4. The molecule has 5 rings (SSSR count). The molecule has 182 valence electrons. The highest BCUT2D eigenvalue weighted by Gasteiger charge is 2.15. The molecule has 3 aromatic rings. The predicted octanol–water partition coefficient (Wildman–Crippen LogP) is 5.66. The molecule has 0 amide bonds. The summed E-state index contributed by atoms with van der Waals surface area (Å²) >= 11 is 0. The monoisotopic (exact) mass is 477 g/mol. The van der Waals surface area contributed by atoms with Crippen LogP contribution in [-0.2, 0) is 12.8 Å². The van der Waals surface area contributed by atoms with Gasteiger partial charge < -0.3 is 5.32 Å². The molecule has 1 aromatic heterocycles. The Morgan fingerprint density at radius 1 is 0.722 bits per heavy atom. The van der Waals surface area contributed by atoms with E-state index in [2.05, 4.69) is 51.7 Å². The van der Waals surface area contributed by atoms with Crippen LogP contribution >= 0.6 is 0 Å². The van der Waals surface area contributed by atoms with Crippen LogP contribution in [-0.4, -0.2) is 34.6 Å². The third kappa shape index (κ3) is 5.92. The molecule has 0 unspecified atom stereocenters. The lowest BCUT2D eigenvalue weighted by atomic mass is 9.93. The van der Waals surface area contributed by atoms with Gasteiger partial charge in [0, 0.05) is 19.4 Å². The number of rotatable bonds is 8. The van der Waals surface area contributed by atoms with E-state index in [1.54, 1.807) is 0 Å². The molecule has 5 nitrogen and oxygen atoms in total. The molecule has 1 N–H and O–H groups in total. The molecule has 0 radical (unpaired) electrons. The van der Waals surface area contributed by atoms with E-state index in [-0.39, 0.29) is 35.8 Å². The molecule has 5 heteroatoms. The van der Waals surface area contributed by atoms with E-state index in [1.807, 2.05) is 24.3 Å². The van der Waals surface area contributed by atoms with E-state index in [1.165, 1.54) is 47.5 Å². The van der Waals surface area contributed by atoms with Crippen LogP contribution in [0.1, 0.15) is 75.3 Å². The minimum absolute atomic E-state index is 0.115. The van der Waals surface area contributed by atoms with Gasteiger partial charge in [-0.3, -0.25) is 9.59 Å². The molecule has 0 atom stereocenters. The van der Waals surface area contributed by atoms with Crippen molar-refractivity contribution >= 4 is 22.7 Å². The molecule has 2 heterocycles. The number of hydrogen-bond acceptors (Lipinski definition) is 5. The van der Waals surface area contributed by atoms with Crippen molar-refractivity contribution in [2.75, 3.05) is 13.1 Å². The molecule has 0 saturated carbocycles. The number of nitrogens with one attached hydrogen (secondary N) is 1. The Bertz CT molecular complexity index is 1210. The molecular formula is C31H31N3O2. The third-order valence-electron chi connectivity index (χ3n) is 6.97. The summed E-state index contributed by atoms with van der Waals surface area (Å²) in [6, 6.07) is 17.9. The van der Waals surface area contributed by atoms with Crippen LogP contribution in [0.25, 0.3) is 11.1 Å². The molecule has 0 fully saturated rings. The van der Waals surface area contributed by atoms with E-state index in [9.17, 15) is 9.59 Å². The quantitative estimate of drug-likeness (QED) is 0.424. The van der Waals surface area contributed by atoms with Gasteiger partial charge in [-0.2, -0.15) is 0 Å². The number of Topliss-reactive ketones (excluding diaryl/α,β-unsaturated/α-hetero) is 2. The minimum Gasteiger partial charge on any atom is -0.313 e. The van der Waals surface area contributed by atoms with Gasteiger partial charge in [-0.1, -0.05) is 60.7 Å². The molecular weight excluding hydrogens is 446 g/mol. The number of carbonyl (C=O) groups is 2. The van der Waals surface area contributed by atoms with Gasteiger partial charge in [-0.05, 0) is 78.1 Å². The van der Waals surface area contributed by atoms with Gasteiger partial charge in [0.05, 0.1) is 0 Å². The topological polar surface area (TPSA) is 72.0 Å². The zero-order valence-corrected chi connectivity index (χ0v) is 20.5. The first-order valence-corrected chi connectivity index (χ1v) is 12.8. The number of carbonyl (C=O) groups excluding carboxylic acids is 2. The van der Waals surface area contributed by atoms with Crippen molar-refractivity contribution in [3.05, 3.63) is 107 Å². The van der Waals surface area contributed by atoms with Gasteiger partial charge in [-0.15, -0.1) is 0 Å². The van der Waals surface area contributed by atoms with Crippen LogP contribution in [0, 0.1) is 0 Å². The lowest BCUT2D eigenvalue weighted by molar-refractivity contribution is 0.0987. The third-order valence-corrected chi connectivity index (χ3v) is 6.97. The second-order valence-corrected chi connectivity index (χ2v) is 9.54. The minimum atomic E-state index is -0.120. The van der Waals surface area contributed by atoms with E-state index in [4.69, 9.17) is 0 Å². The number of hydrogen-bond donors (Lipinski definition) is 1. The molecule has 2 aliphatic rings. The van der Waals surface area contributed by atoms with E-state index >= 15 is 0 Å². The SMILES string of the molecule is O=C(Cc1ccc(C2=CCCCC2)cc1)c1cc(C(=O)Cc2ccc(C3=CCNCC3)cc2)ncn1. The van der Waals surface area contributed by atoms with Crippen LogP contribution in [0.2, 0.25) is 0 Å². The highest BCUT2D eigenvalue weighted by atomic mass is 16.1. The summed E-state index contributed by atoms with van der Waals surface area (Å²) in [5, 5.41) is 3.32. The maximum atomic E-state index is 12.9. The van der Waals surface area contributed by atoms with Crippen molar-refractivity contribution in [1.82, 2.24) is 15.3 Å². The van der Waals surface area contributed by atoms with Crippen molar-refractivity contribution < 1.29 is 9.59 Å². The highest BCUT2D eigenvalue weighted by molar-refractivity contribution is 6.00. The first-order valence-electron chi connectivity index (χ1n) is 12.8. The predicted molar refractivity (Wildman–Crippen MR) is 143 cm³/mol. The molecule has 0 saturated heterocycles. The smallest absolute Gasteiger partial charge is 0.185 e. The zero-order chi connectivity index (χ0) is 24.7. The van der Waals surface area contributed by atoms with E-state index < -0.39 is 0 Å². The lowest BCUT2D eigenvalue weighted by Crippen LogP contribution is -2.20. The Labute approximate surface area is 212 Å². The summed E-state index contributed by atoms with van der Waals surface area (Å²) < 4.78 is 0.